The van der Waals surface area contributed by atoms with Crippen molar-refractivity contribution in [1.29, 1.82) is 0 Å². The summed E-state index contributed by atoms with van der Waals surface area (Å²) in [6.45, 7) is 6.97. The van der Waals surface area contributed by atoms with Crippen LogP contribution in [0.25, 0.3) is 21.8 Å². The molecule has 0 radical (unpaired) electrons. The molecule has 1 spiro atoms. The second-order valence-corrected chi connectivity index (χ2v) is 17.0. The summed E-state index contributed by atoms with van der Waals surface area (Å²) in [5.41, 5.74) is 5.06. The van der Waals surface area contributed by atoms with E-state index in [1.807, 2.05) is 89.5 Å². The third-order valence-corrected chi connectivity index (χ3v) is 13.2. The zero-order valence-electron chi connectivity index (χ0n) is 34.6. The summed E-state index contributed by atoms with van der Waals surface area (Å²) in [7, 11) is 1.59. The fourth-order valence-electron chi connectivity index (χ4n) is 9.33. The number of fused-ring (bicyclic) bond motifs is 2. The van der Waals surface area contributed by atoms with Crippen LogP contribution in [-0.4, -0.2) is 117 Å². The molecule has 0 aliphatic carbocycles. The standard InChI is InChI=1S/C46H54N8O6/c1-30-23-33(24-36-27-47-50-40(30)36)25-39(49-44(58)53-18-13-34(14-19-53)37-26-35-11-7-8-12-38(35)48-41(37)55)43(57)54-22-17-46(29-54)15-20-52(21-16-46)42(56)31(2)51(3)45(59)60-28-32-9-5-4-6-10-32/h4-12,23-24,26-27,31,34,39H,13-22,25,28-29H2,1-3H3,(H,47,50)(H,48,55)(H,49,58)/t31-,39-/m1/s1. The van der Waals surface area contributed by atoms with E-state index >= 15 is 0 Å². The van der Waals surface area contributed by atoms with E-state index in [1.54, 1.807) is 25.1 Å². The topological polar surface area (TPSA) is 164 Å². The lowest BCUT2D eigenvalue weighted by atomic mass is 9.77. The summed E-state index contributed by atoms with van der Waals surface area (Å²) in [5, 5.41) is 12.3. The SMILES string of the molecule is Cc1cc(C[C@@H](NC(=O)N2CCC(c3cc4ccccc4[nH]c3=O)CC2)C(=O)N2CCC3(CCN(C(=O)[C@@H](C)N(C)C(=O)OCc4ccccc4)CC3)C2)cc2cn[nH]c12. The molecule has 3 saturated heterocycles. The zero-order chi connectivity index (χ0) is 42.0. The van der Waals surface area contributed by atoms with Gasteiger partial charge in [0.25, 0.3) is 5.56 Å². The largest absolute Gasteiger partial charge is 0.445 e. The van der Waals surface area contributed by atoms with Crippen LogP contribution in [0.1, 0.15) is 67.2 Å². The normalized spacial score (nSPS) is 17.8. The second-order valence-electron chi connectivity index (χ2n) is 17.0. The Kier molecular flexibility index (Phi) is 11.6. The highest BCUT2D eigenvalue weighted by molar-refractivity contribution is 5.89. The van der Waals surface area contributed by atoms with E-state index in [4.69, 9.17) is 4.74 Å². The molecule has 3 aromatic carbocycles. The fraction of sp³-hybridized carbons (Fsp3) is 0.435. The minimum Gasteiger partial charge on any atom is -0.445 e. The number of nitrogens with zero attached hydrogens (tertiary/aromatic N) is 5. The molecule has 5 heterocycles. The van der Waals surface area contributed by atoms with Gasteiger partial charge in [0.1, 0.15) is 18.7 Å². The number of rotatable bonds is 9. The first-order valence-electron chi connectivity index (χ1n) is 21.1. The Bertz CT molecular complexity index is 2430. The molecule has 8 rings (SSSR count). The number of hydrogen-bond donors (Lipinski definition) is 3. The first kappa shape index (κ1) is 40.6. The van der Waals surface area contributed by atoms with Crippen molar-refractivity contribution in [2.24, 2.45) is 5.41 Å². The number of aryl methyl sites for hydroxylation is 1. The van der Waals surface area contributed by atoms with Crippen LogP contribution in [-0.2, 0) is 27.4 Å². The molecule has 0 unspecified atom stereocenters. The number of hydrogen-bond acceptors (Lipinski definition) is 7. The molecule has 314 valence electrons. The van der Waals surface area contributed by atoms with Gasteiger partial charge in [-0.2, -0.15) is 5.10 Å². The van der Waals surface area contributed by atoms with Gasteiger partial charge in [-0.1, -0.05) is 54.6 Å². The van der Waals surface area contributed by atoms with Gasteiger partial charge in [-0.3, -0.25) is 24.4 Å². The van der Waals surface area contributed by atoms with Crippen LogP contribution in [0.2, 0.25) is 0 Å². The van der Waals surface area contributed by atoms with E-state index in [0.29, 0.717) is 58.5 Å². The van der Waals surface area contributed by atoms with Gasteiger partial charge in [-0.05, 0) is 97.6 Å². The first-order chi connectivity index (χ1) is 29.0. The maximum Gasteiger partial charge on any atom is 0.410 e. The summed E-state index contributed by atoms with van der Waals surface area (Å²) >= 11 is 0. The molecule has 14 nitrogen and oxygen atoms in total. The molecular formula is C46H54N8O6. The number of aromatic amines is 2. The van der Waals surface area contributed by atoms with Crippen LogP contribution in [0.4, 0.5) is 9.59 Å². The summed E-state index contributed by atoms with van der Waals surface area (Å²) < 4.78 is 5.47. The minimum absolute atomic E-state index is 0.0255. The number of urea groups is 1. The number of carbonyl (C=O) groups is 4. The van der Waals surface area contributed by atoms with Crippen molar-refractivity contribution in [3.8, 4) is 0 Å². The average Bonchev–Trinajstić information content (AvgIpc) is 3.92. The Hall–Kier alpha value is -6.18. The second kappa shape index (κ2) is 17.2. The average molecular weight is 815 g/mol. The smallest absolute Gasteiger partial charge is 0.410 e. The van der Waals surface area contributed by atoms with Crippen LogP contribution in [0.5, 0.6) is 0 Å². The first-order valence-corrected chi connectivity index (χ1v) is 21.1. The number of nitrogens with one attached hydrogen (secondary N) is 3. The third kappa shape index (κ3) is 8.59. The van der Waals surface area contributed by atoms with Crippen LogP contribution >= 0.6 is 0 Å². The molecule has 60 heavy (non-hydrogen) atoms. The Morgan fingerprint density at radius 1 is 0.867 bits per heavy atom. The molecule has 3 fully saturated rings. The van der Waals surface area contributed by atoms with E-state index in [9.17, 15) is 24.0 Å². The van der Waals surface area contributed by atoms with Gasteiger partial charge in [0.2, 0.25) is 11.8 Å². The molecule has 2 aromatic heterocycles. The van der Waals surface area contributed by atoms with Crippen LogP contribution in [0.15, 0.2) is 83.8 Å². The summed E-state index contributed by atoms with van der Waals surface area (Å²) in [5.74, 6) is -0.223. The molecule has 3 N–H and O–H groups in total. The van der Waals surface area contributed by atoms with E-state index in [1.165, 1.54) is 4.90 Å². The summed E-state index contributed by atoms with van der Waals surface area (Å²) in [4.78, 5) is 77.7. The Labute approximate surface area is 349 Å². The maximum absolute atomic E-state index is 14.5. The van der Waals surface area contributed by atoms with Crippen molar-refractivity contribution in [3.05, 3.63) is 112 Å². The van der Waals surface area contributed by atoms with Crippen LogP contribution in [0.3, 0.4) is 0 Å². The molecule has 5 amide bonds. The number of likely N-dealkylation sites (N-methyl/N-ethyl adjacent to an activating group) is 1. The summed E-state index contributed by atoms with van der Waals surface area (Å²) in [6, 6.07) is 21.4. The third-order valence-electron chi connectivity index (χ3n) is 13.2. The highest BCUT2D eigenvalue weighted by atomic mass is 16.6. The number of H-pyrrole nitrogens is 2. The number of likely N-dealkylation sites (tertiary alicyclic amines) is 3. The molecule has 14 heteroatoms. The van der Waals surface area contributed by atoms with Gasteiger partial charge in [-0.25, -0.2) is 9.59 Å². The maximum atomic E-state index is 14.5. The lowest BCUT2D eigenvalue weighted by Crippen LogP contribution is -2.54. The van der Waals surface area contributed by atoms with Crippen molar-refractivity contribution < 1.29 is 23.9 Å². The van der Waals surface area contributed by atoms with Crippen molar-refractivity contribution >= 4 is 45.7 Å². The number of ether oxygens (including phenoxy) is 1. The van der Waals surface area contributed by atoms with Gasteiger partial charge in [0.05, 0.1) is 11.7 Å². The van der Waals surface area contributed by atoms with Gasteiger partial charge >= 0.3 is 12.1 Å². The number of pyridine rings is 1. The van der Waals surface area contributed by atoms with Crippen LogP contribution in [0, 0.1) is 12.3 Å². The fourth-order valence-corrected chi connectivity index (χ4v) is 9.33. The van der Waals surface area contributed by atoms with Crippen molar-refractivity contribution in [2.75, 3.05) is 46.3 Å². The number of benzene rings is 3. The molecule has 3 aliphatic heterocycles. The zero-order valence-corrected chi connectivity index (χ0v) is 34.6. The van der Waals surface area contributed by atoms with E-state index in [0.717, 1.165) is 63.3 Å². The Morgan fingerprint density at radius 2 is 1.57 bits per heavy atom. The van der Waals surface area contributed by atoms with Crippen LogP contribution < -0.4 is 10.9 Å². The Balaban J connectivity index is 0.896. The molecule has 2 atom stereocenters. The number of piperidine rings is 2. The van der Waals surface area contributed by atoms with E-state index in [-0.39, 0.29) is 41.3 Å². The lowest BCUT2D eigenvalue weighted by molar-refractivity contribution is -0.138. The van der Waals surface area contributed by atoms with Gasteiger partial charge in [-0.15, -0.1) is 0 Å². The van der Waals surface area contributed by atoms with Crippen molar-refractivity contribution in [1.82, 2.24) is 40.1 Å². The number of aromatic nitrogens is 3. The van der Waals surface area contributed by atoms with Gasteiger partial charge < -0.3 is 29.7 Å². The molecule has 0 bridgehead atoms. The quantitative estimate of drug-likeness (QED) is 0.172. The molecule has 0 saturated carbocycles. The van der Waals surface area contributed by atoms with Gasteiger partial charge in [0.15, 0.2) is 0 Å². The molecule has 3 aliphatic rings. The van der Waals surface area contributed by atoms with E-state index in [2.05, 4.69) is 20.5 Å². The Morgan fingerprint density at radius 3 is 2.32 bits per heavy atom. The lowest BCUT2D eigenvalue weighted by Gasteiger charge is -2.41. The number of carbonyl (C=O) groups excluding carboxylic acids is 4. The highest BCUT2D eigenvalue weighted by Crippen LogP contribution is 2.41. The van der Waals surface area contributed by atoms with Crippen molar-refractivity contribution in [3.63, 3.8) is 0 Å². The molecular weight excluding hydrogens is 761 g/mol. The molecule has 5 aromatic rings. The minimum atomic E-state index is -0.794. The highest BCUT2D eigenvalue weighted by Gasteiger charge is 2.45. The predicted molar refractivity (Wildman–Crippen MR) is 228 cm³/mol. The monoisotopic (exact) mass is 814 g/mol. The predicted octanol–water partition coefficient (Wildman–Crippen LogP) is 5.71. The van der Waals surface area contributed by atoms with Crippen molar-refractivity contribution in [2.45, 2.75) is 77.0 Å². The van der Waals surface area contributed by atoms with Gasteiger partial charge in [0, 0.05) is 69.2 Å². The van der Waals surface area contributed by atoms with E-state index < -0.39 is 18.2 Å². The summed E-state index contributed by atoms with van der Waals surface area (Å²) in [6.07, 6.45) is 5.10. The number of amides is 5. The number of para-hydroxylation sites is 1.